The summed E-state index contributed by atoms with van der Waals surface area (Å²) in [4.78, 5) is 35.6. The molecular formula is C17H14F3NO4S. The molecule has 0 radical (unpaired) electrons. The Kier molecular flexibility index (Phi) is 5.91. The lowest BCUT2D eigenvalue weighted by atomic mass is 10.1. The first-order valence-electron chi connectivity index (χ1n) is 7.40. The monoisotopic (exact) mass is 385 g/mol. The number of carbonyl (C=O) groups excluding carboxylic acids is 2. The van der Waals surface area contributed by atoms with Crippen molar-refractivity contribution in [1.82, 2.24) is 4.57 Å². The molecule has 5 nitrogen and oxygen atoms in total. The smallest absolute Gasteiger partial charge is 0.343 e. The molecule has 0 amide bonds. The quantitative estimate of drug-likeness (QED) is 0.583. The van der Waals surface area contributed by atoms with Gasteiger partial charge in [-0.1, -0.05) is 18.3 Å². The zero-order chi connectivity index (χ0) is 19.6. The summed E-state index contributed by atoms with van der Waals surface area (Å²) in [5, 5.41) is -0.791. The van der Waals surface area contributed by atoms with Gasteiger partial charge in [0.25, 0.3) is 0 Å². The summed E-state index contributed by atoms with van der Waals surface area (Å²) < 4.78 is 47.4. The maximum absolute atomic E-state index is 14.3. The van der Waals surface area contributed by atoms with E-state index in [1.807, 2.05) is 0 Å². The number of fused-ring (bicyclic) bond motifs is 1. The van der Waals surface area contributed by atoms with Crippen LogP contribution in [0.3, 0.4) is 0 Å². The molecule has 0 aliphatic heterocycles. The van der Waals surface area contributed by atoms with E-state index in [0.717, 1.165) is 22.5 Å². The van der Waals surface area contributed by atoms with E-state index in [1.165, 1.54) is 13.8 Å². The average molecular weight is 385 g/mol. The summed E-state index contributed by atoms with van der Waals surface area (Å²) in [6.07, 6.45) is 0.951. The van der Waals surface area contributed by atoms with Gasteiger partial charge in [-0.05, 0) is 13.0 Å². The molecule has 138 valence electrons. The highest BCUT2D eigenvalue weighted by atomic mass is 32.2. The van der Waals surface area contributed by atoms with Gasteiger partial charge in [-0.15, -0.1) is 0 Å². The van der Waals surface area contributed by atoms with Gasteiger partial charge in [0, 0.05) is 24.6 Å². The molecule has 0 atom stereocenters. The Labute approximate surface area is 150 Å². The molecule has 0 saturated heterocycles. The number of hydrogen-bond donors (Lipinski definition) is 0. The number of hydrogen-bond acceptors (Lipinski definition) is 5. The van der Waals surface area contributed by atoms with Crippen molar-refractivity contribution in [3.63, 3.8) is 0 Å². The number of esters is 1. The highest BCUT2D eigenvalue weighted by molar-refractivity contribution is 8.13. The number of aromatic nitrogens is 1. The fourth-order valence-corrected chi connectivity index (χ4v) is 2.76. The second kappa shape index (κ2) is 7.77. The molecule has 9 heteroatoms. The second-order valence-electron chi connectivity index (χ2n) is 5.19. The first-order valence-corrected chi connectivity index (χ1v) is 8.39. The van der Waals surface area contributed by atoms with Gasteiger partial charge in [-0.25, -0.2) is 18.0 Å². The Morgan fingerprint density at radius 2 is 1.92 bits per heavy atom. The van der Waals surface area contributed by atoms with Gasteiger partial charge >= 0.3 is 5.97 Å². The minimum Gasteiger partial charge on any atom is -0.462 e. The van der Waals surface area contributed by atoms with Gasteiger partial charge < -0.3 is 9.30 Å². The van der Waals surface area contributed by atoms with E-state index in [1.54, 1.807) is 0 Å². The Morgan fingerprint density at radius 3 is 2.50 bits per heavy atom. The van der Waals surface area contributed by atoms with Crippen molar-refractivity contribution in [2.45, 2.75) is 13.8 Å². The number of thioether (sulfide) groups is 1. The van der Waals surface area contributed by atoms with Crippen LogP contribution in [-0.4, -0.2) is 28.0 Å². The van der Waals surface area contributed by atoms with Gasteiger partial charge in [0.1, 0.15) is 5.56 Å². The van der Waals surface area contributed by atoms with Crippen molar-refractivity contribution in [3.8, 4) is 0 Å². The summed E-state index contributed by atoms with van der Waals surface area (Å²) >= 11 is 0.841. The van der Waals surface area contributed by atoms with E-state index in [-0.39, 0.29) is 23.2 Å². The van der Waals surface area contributed by atoms with Crippen LogP contribution in [0.4, 0.5) is 13.2 Å². The molecule has 0 aliphatic rings. The molecule has 0 fully saturated rings. The van der Waals surface area contributed by atoms with Crippen molar-refractivity contribution in [2.24, 2.45) is 0 Å². The summed E-state index contributed by atoms with van der Waals surface area (Å²) in [5.41, 5.74) is -1.97. The molecule has 1 aromatic carbocycles. The topological polar surface area (TPSA) is 65.4 Å². The first kappa shape index (κ1) is 19.8. The fourth-order valence-electron chi connectivity index (χ4n) is 2.25. The third kappa shape index (κ3) is 3.67. The predicted molar refractivity (Wildman–Crippen MR) is 92.5 cm³/mol. The average Bonchev–Trinajstić information content (AvgIpc) is 2.58. The van der Waals surface area contributed by atoms with Crippen LogP contribution in [0.1, 0.15) is 24.2 Å². The molecule has 26 heavy (non-hydrogen) atoms. The number of carbonyl (C=O) groups is 2. The maximum Gasteiger partial charge on any atom is 0.343 e. The SMILES string of the molecule is C=C(CSC(C)=O)n1cc(C(=O)OCC)c(=O)c2cc(F)c(F)c(F)c21. The Morgan fingerprint density at radius 1 is 1.27 bits per heavy atom. The molecule has 2 aromatic rings. The third-order valence-electron chi connectivity index (χ3n) is 3.40. The van der Waals surface area contributed by atoms with Crippen molar-refractivity contribution in [2.75, 3.05) is 12.4 Å². The van der Waals surface area contributed by atoms with Crippen LogP contribution in [-0.2, 0) is 9.53 Å². The van der Waals surface area contributed by atoms with E-state index in [2.05, 4.69) is 6.58 Å². The molecule has 0 N–H and O–H groups in total. The lowest BCUT2D eigenvalue weighted by Crippen LogP contribution is -2.22. The zero-order valence-electron chi connectivity index (χ0n) is 13.9. The van der Waals surface area contributed by atoms with Gasteiger partial charge in [0.2, 0.25) is 5.43 Å². The number of nitrogens with zero attached hydrogens (tertiary/aromatic N) is 1. The first-order chi connectivity index (χ1) is 12.2. The van der Waals surface area contributed by atoms with E-state index < -0.39 is 45.3 Å². The minimum absolute atomic E-state index is 0.0198. The minimum atomic E-state index is -1.76. The lowest BCUT2D eigenvalue weighted by Gasteiger charge is -2.16. The molecule has 0 spiro atoms. The number of benzene rings is 1. The Hall–Kier alpha value is -2.55. The van der Waals surface area contributed by atoms with Gasteiger partial charge in [0.05, 0.1) is 17.5 Å². The maximum atomic E-state index is 14.3. The lowest BCUT2D eigenvalue weighted by molar-refractivity contribution is -0.109. The van der Waals surface area contributed by atoms with E-state index in [4.69, 9.17) is 4.74 Å². The van der Waals surface area contributed by atoms with Crippen LogP contribution in [0.25, 0.3) is 16.6 Å². The van der Waals surface area contributed by atoms with E-state index in [9.17, 15) is 27.6 Å². The Balaban J connectivity index is 2.82. The highest BCUT2D eigenvalue weighted by Crippen LogP contribution is 2.25. The molecule has 0 saturated carbocycles. The summed E-state index contributed by atoms with van der Waals surface area (Å²) in [6.45, 7) is 6.47. The number of pyridine rings is 1. The third-order valence-corrected chi connectivity index (χ3v) is 4.29. The van der Waals surface area contributed by atoms with Crippen LogP contribution < -0.4 is 5.43 Å². The number of halogens is 3. The molecule has 1 aromatic heterocycles. The zero-order valence-corrected chi connectivity index (χ0v) is 14.7. The van der Waals surface area contributed by atoms with Crippen molar-refractivity contribution in [1.29, 1.82) is 0 Å². The standard InChI is InChI=1S/C17H14F3NO4S/c1-4-25-17(24)11-6-21(8(2)7-26-9(3)22)15-10(16(11)23)5-12(18)13(19)14(15)20/h5-6H,2,4,7H2,1,3H3. The van der Waals surface area contributed by atoms with Crippen LogP contribution in [0.2, 0.25) is 0 Å². The second-order valence-corrected chi connectivity index (χ2v) is 6.34. The van der Waals surface area contributed by atoms with Gasteiger partial charge in [-0.3, -0.25) is 9.59 Å². The highest BCUT2D eigenvalue weighted by Gasteiger charge is 2.23. The number of ether oxygens (including phenoxy) is 1. The molecule has 0 aliphatic carbocycles. The fraction of sp³-hybridized carbons (Fsp3) is 0.235. The summed E-state index contributed by atoms with van der Waals surface area (Å²) in [5.74, 6) is -5.94. The largest absolute Gasteiger partial charge is 0.462 e. The van der Waals surface area contributed by atoms with Gasteiger partial charge in [-0.2, -0.15) is 0 Å². The van der Waals surface area contributed by atoms with Crippen LogP contribution in [0.5, 0.6) is 0 Å². The molecular weight excluding hydrogens is 371 g/mol. The summed E-state index contributed by atoms with van der Waals surface area (Å²) in [7, 11) is 0. The molecule has 1 heterocycles. The van der Waals surface area contributed by atoms with Gasteiger partial charge in [0.15, 0.2) is 22.6 Å². The van der Waals surface area contributed by atoms with Crippen LogP contribution >= 0.6 is 11.8 Å². The predicted octanol–water partition coefficient (Wildman–Crippen LogP) is 3.35. The van der Waals surface area contributed by atoms with Crippen molar-refractivity contribution < 1.29 is 27.5 Å². The van der Waals surface area contributed by atoms with E-state index >= 15 is 0 Å². The molecule has 2 rings (SSSR count). The van der Waals surface area contributed by atoms with Crippen LogP contribution in [0.15, 0.2) is 23.6 Å². The Bertz CT molecular complexity index is 984. The van der Waals surface area contributed by atoms with Crippen molar-refractivity contribution >= 4 is 39.4 Å². The number of rotatable bonds is 5. The van der Waals surface area contributed by atoms with Crippen molar-refractivity contribution in [3.05, 3.63) is 52.1 Å². The molecule has 0 unspecified atom stereocenters. The van der Waals surface area contributed by atoms with Crippen LogP contribution in [0, 0.1) is 17.5 Å². The van der Waals surface area contributed by atoms with E-state index in [0.29, 0.717) is 6.07 Å². The summed E-state index contributed by atoms with van der Waals surface area (Å²) in [6, 6.07) is 0.515. The molecule has 0 bridgehead atoms. The normalized spacial score (nSPS) is 10.8.